The van der Waals surface area contributed by atoms with Gasteiger partial charge in [-0.3, -0.25) is 4.79 Å². The number of halogens is 3. The molecule has 2 amide bonds. The lowest BCUT2D eigenvalue weighted by Gasteiger charge is -2.39. The zero-order chi connectivity index (χ0) is 13.2. The van der Waals surface area contributed by atoms with Gasteiger partial charge in [-0.15, -0.1) is 0 Å². The molecular weight excluding hydrogens is 245 g/mol. The predicted molar refractivity (Wildman–Crippen MR) is 48.2 cm³/mol. The van der Waals surface area contributed by atoms with Crippen LogP contribution in [0.2, 0.25) is 0 Å². The number of carbonyl (C=O) groups excluding carboxylic acids is 1. The summed E-state index contributed by atoms with van der Waals surface area (Å²) in [4.78, 5) is 22.9. The van der Waals surface area contributed by atoms with E-state index in [1.165, 1.54) is 0 Å². The van der Waals surface area contributed by atoms with Crippen molar-refractivity contribution in [3.05, 3.63) is 0 Å². The summed E-state index contributed by atoms with van der Waals surface area (Å²) < 4.78 is 36.6. The van der Waals surface area contributed by atoms with Crippen LogP contribution in [0.5, 0.6) is 0 Å². The Morgan fingerprint density at radius 3 is 2.29 bits per heavy atom. The van der Waals surface area contributed by atoms with E-state index in [1.54, 1.807) is 0 Å². The molecule has 1 fully saturated rings. The van der Waals surface area contributed by atoms with Crippen LogP contribution in [0, 0.1) is 0 Å². The number of hydrogen-bond donors (Lipinski definition) is 2. The lowest BCUT2D eigenvalue weighted by Crippen LogP contribution is -2.60. The van der Waals surface area contributed by atoms with Crippen molar-refractivity contribution in [1.29, 1.82) is 0 Å². The monoisotopic (exact) mass is 256 g/mol. The SMILES string of the molecule is O=C(O)N1CCN(C(=O)C(F)(F)F)[C@H](CO)C1. The number of alkyl halides is 3. The minimum absolute atomic E-state index is 0.201. The Bertz CT molecular complexity index is 320. The van der Waals surface area contributed by atoms with Crippen LogP contribution in [-0.4, -0.2) is 70.5 Å². The molecule has 1 saturated heterocycles. The third-order valence-corrected chi connectivity index (χ3v) is 2.47. The van der Waals surface area contributed by atoms with Crippen LogP contribution in [0.1, 0.15) is 0 Å². The molecule has 1 heterocycles. The van der Waals surface area contributed by atoms with Crippen LogP contribution < -0.4 is 0 Å². The molecule has 9 heteroatoms. The van der Waals surface area contributed by atoms with Crippen LogP contribution in [0.25, 0.3) is 0 Å². The summed E-state index contributed by atoms with van der Waals surface area (Å²) in [5.41, 5.74) is 0. The first kappa shape index (κ1) is 13.6. The van der Waals surface area contributed by atoms with Gasteiger partial charge in [0.2, 0.25) is 0 Å². The maximum absolute atomic E-state index is 12.2. The van der Waals surface area contributed by atoms with Gasteiger partial charge in [0.25, 0.3) is 0 Å². The Morgan fingerprint density at radius 1 is 1.29 bits per heavy atom. The summed E-state index contributed by atoms with van der Waals surface area (Å²) in [6, 6.07) is -1.16. The van der Waals surface area contributed by atoms with E-state index in [0.717, 1.165) is 4.90 Å². The topological polar surface area (TPSA) is 81.1 Å². The summed E-state index contributed by atoms with van der Waals surface area (Å²) in [6.45, 7) is -1.62. The molecule has 0 spiro atoms. The van der Waals surface area contributed by atoms with Gasteiger partial charge in [-0.05, 0) is 0 Å². The Labute approximate surface area is 94.2 Å². The normalized spacial score (nSPS) is 21.5. The van der Waals surface area contributed by atoms with E-state index in [2.05, 4.69) is 0 Å². The number of aliphatic hydroxyl groups excluding tert-OH is 1. The molecule has 0 unspecified atom stereocenters. The molecule has 1 rings (SSSR count). The smallest absolute Gasteiger partial charge is 0.465 e. The number of aliphatic hydroxyl groups is 1. The fourth-order valence-corrected chi connectivity index (χ4v) is 1.62. The van der Waals surface area contributed by atoms with E-state index in [1.807, 2.05) is 0 Å². The second-order valence-electron chi connectivity index (χ2n) is 3.56. The number of amides is 2. The molecule has 0 aromatic rings. The molecule has 0 radical (unpaired) electrons. The Kier molecular flexibility index (Phi) is 3.81. The van der Waals surface area contributed by atoms with E-state index < -0.39 is 30.8 Å². The minimum atomic E-state index is -5.02. The number of carbonyl (C=O) groups is 2. The number of carboxylic acid groups (broad SMARTS) is 1. The minimum Gasteiger partial charge on any atom is -0.465 e. The van der Waals surface area contributed by atoms with E-state index in [4.69, 9.17) is 10.2 Å². The van der Waals surface area contributed by atoms with Crippen molar-refractivity contribution in [3.8, 4) is 0 Å². The fourth-order valence-electron chi connectivity index (χ4n) is 1.62. The Morgan fingerprint density at radius 2 is 1.88 bits per heavy atom. The first-order chi connectivity index (χ1) is 7.77. The summed E-state index contributed by atoms with van der Waals surface area (Å²) in [5.74, 6) is -2.05. The Balaban J connectivity index is 2.76. The van der Waals surface area contributed by atoms with Gasteiger partial charge in [-0.1, -0.05) is 0 Å². The molecular formula is C8H11F3N2O4. The molecule has 0 aliphatic carbocycles. The van der Waals surface area contributed by atoms with Crippen molar-refractivity contribution in [2.24, 2.45) is 0 Å². The van der Waals surface area contributed by atoms with Crippen LogP contribution in [0.15, 0.2) is 0 Å². The van der Waals surface area contributed by atoms with Gasteiger partial charge in [-0.25, -0.2) is 4.79 Å². The van der Waals surface area contributed by atoms with Crippen LogP contribution in [-0.2, 0) is 4.79 Å². The van der Waals surface area contributed by atoms with Crippen molar-refractivity contribution in [2.75, 3.05) is 26.2 Å². The van der Waals surface area contributed by atoms with Crippen molar-refractivity contribution in [2.45, 2.75) is 12.2 Å². The zero-order valence-electron chi connectivity index (χ0n) is 8.65. The zero-order valence-corrected chi connectivity index (χ0v) is 8.65. The molecule has 98 valence electrons. The molecule has 17 heavy (non-hydrogen) atoms. The van der Waals surface area contributed by atoms with Gasteiger partial charge >= 0.3 is 18.2 Å². The van der Waals surface area contributed by atoms with Gasteiger partial charge in [-0.2, -0.15) is 13.2 Å². The van der Waals surface area contributed by atoms with E-state index in [-0.39, 0.29) is 19.6 Å². The molecule has 6 nitrogen and oxygen atoms in total. The average Bonchev–Trinajstić information content (AvgIpc) is 2.25. The first-order valence-electron chi connectivity index (χ1n) is 4.74. The van der Waals surface area contributed by atoms with Crippen molar-refractivity contribution in [3.63, 3.8) is 0 Å². The van der Waals surface area contributed by atoms with Gasteiger partial charge < -0.3 is 20.0 Å². The van der Waals surface area contributed by atoms with Crippen LogP contribution >= 0.6 is 0 Å². The van der Waals surface area contributed by atoms with Crippen molar-refractivity contribution in [1.82, 2.24) is 9.80 Å². The quantitative estimate of drug-likeness (QED) is 0.676. The van der Waals surface area contributed by atoms with E-state index >= 15 is 0 Å². The number of hydrogen-bond acceptors (Lipinski definition) is 3. The molecule has 1 aliphatic heterocycles. The molecule has 0 aromatic carbocycles. The summed E-state index contributed by atoms with van der Waals surface area (Å²) in [5, 5.41) is 17.5. The van der Waals surface area contributed by atoms with Crippen LogP contribution in [0.4, 0.5) is 18.0 Å². The second-order valence-corrected chi connectivity index (χ2v) is 3.56. The Hall–Kier alpha value is -1.51. The molecule has 1 atom stereocenters. The van der Waals surface area contributed by atoms with E-state index in [9.17, 15) is 22.8 Å². The summed E-state index contributed by atoms with van der Waals surface area (Å²) >= 11 is 0. The summed E-state index contributed by atoms with van der Waals surface area (Å²) in [6.07, 6.45) is -6.30. The maximum atomic E-state index is 12.2. The molecule has 0 aromatic heterocycles. The summed E-state index contributed by atoms with van der Waals surface area (Å²) in [7, 11) is 0. The highest BCUT2D eigenvalue weighted by Gasteiger charge is 2.46. The number of rotatable bonds is 1. The van der Waals surface area contributed by atoms with Crippen molar-refractivity contribution >= 4 is 12.0 Å². The van der Waals surface area contributed by atoms with Gasteiger partial charge in [0.15, 0.2) is 0 Å². The first-order valence-corrected chi connectivity index (χ1v) is 4.74. The lowest BCUT2D eigenvalue weighted by atomic mass is 10.2. The third kappa shape index (κ3) is 2.99. The molecule has 0 saturated carbocycles. The largest absolute Gasteiger partial charge is 0.471 e. The highest BCUT2D eigenvalue weighted by molar-refractivity contribution is 5.82. The maximum Gasteiger partial charge on any atom is 0.471 e. The van der Waals surface area contributed by atoms with Crippen molar-refractivity contribution < 1.29 is 33.0 Å². The second kappa shape index (κ2) is 4.78. The van der Waals surface area contributed by atoms with Gasteiger partial charge in [0.05, 0.1) is 12.6 Å². The fraction of sp³-hybridized carbons (Fsp3) is 0.750. The highest BCUT2D eigenvalue weighted by Crippen LogP contribution is 2.22. The molecule has 2 N–H and O–H groups in total. The molecule has 0 bridgehead atoms. The number of nitrogens with zero attached hydrogens (tertiary/aromatic N) is 2. The standard InChI is InChI=1S/C8H11F3N2O4/c9-8(10,11)6(15)13-2-1-12(7(16)17)3-5(13)4-14/h5,14H,1-4H2,(H,16,17)/t5-/m0/s1. The van der Waals surface area contributed by atoms with Gasteiger partial charge in [0.1, 0.15) is 0 Å². The van der Waals surface area contributed by atoms with Gasteiger partial charge in [0, 0.05) is 19.6 Å². The highest BCUT2D eigenvalue weighted by atomic mass is 19.4. The predicted octanol–water partition coefficient (Wildman–Crippen LogP) is -0.268. The molecule has 1 aliphatic rings. The number of piperazine rings is 1. The lowest BCUT2D eigenvalue weighted by molar-refractivity contribution is -0.190. The average molecular weight is 256 g/mol. The third-order valence-electron chi connectivity index (χ3n) is 2.47. The van der Waals surface area contributed by atoms with E-state index in [0.29, 0.717) is 4.90 Å². The van der Waals surface area contributed by atoms with Crippen LogP contribution in [0.3, 0.4) is 0 Å².